The quantitative estimate of drug-likeness (QED) is 0.800. The topological polar surface area (TPSA) is 62.6 Å². The Hall–Kier alpha value is -0.850. The molecule has 21 heavy (non-hydrogen) atoms. The Kier molecular flexibility index (Phi) is 4.12. The molecule has 2 fully saturated rings. The lowest BCUT2D eigenvalue weighted by Crippen LogP contribution is -2.35. The normalized spacial score (nSPS) is 19.4. The van der Waals surface area contributed by atoms with Gasteiger partial charge in [0.15, 0.2) is 0 Å². The first-order valence-corrected chi connectivity index (χ1v) is 9.28. The van der Waals surface area contributed by atoms with Gasteiger partial charge in [-0.15, -0.1) is 0 Å². The van der Waals surface area contributed by atoms with Gasteiger partial charge in [-0.25, -0.2) is 8.42 Å². The molecule has 0 aliphatic heterocycles. The molecule has 0 aromatic carbocycles. The zero-order valence-electron chi connectivity index (χ0n) is 12.8. The second-order valence-electron chi connectivity index (χ2n) is 6.16. The van der Waals surface area contributed by atoms with Gasteiger partial charge in [-0.3, -0.25) is 0 Å². The van der Waals surface area contributed by atoms with E-state index in [4.69, 9.17) is 4.42 Å². The van der Waals surface area contributed by atoms with Crippen molar-refractivity contribution in [3.8, 4) is 0 Å². The maximum absolute atomic E-state index is 12.9. The van der Waals surface area contributed by atoms with Crippen molar-refractivity contribution in [1.29, 1.82) is 0 Å². The van der Waals surface area contributed by atoms with Crippen LogP contribution in [0.3, 0.4) is 0 Å². The number of rotatable bonds is 8. The Morgan fingerprint density at radius 3 is 2.62 bits per heavy atom. The first kappa shape index (κ1) is 15.1. The number of nitrogens with zero attached hydrogens (tertiary/aromatic N) is 1. The van der Waals surface area contributed by atoms with Crippen LogP contribution in [0.2, 0.25) is 0 Å². The third kappa shape index (κ3) is 3.33. The lowest BCUT2D eigenvalue weighted by Gasteiger charge is -2.21. The molecule has 0 saturated heterocycles. The Morgan fingerprint density at radius 2 is 2.05 bits per heavy atom. The summed E-state index contributed by atoms with van der Waals surface area (Å²) in [6, 6.07) is 1.90. The number of furan rings is 1. The highest BCUT2D eigenvalue weighted by Gasteiger charge is 2.42. The van der Waals surface area contributed by atoms with Crippen LogP contribution in [0.15, 0.2) is 15.4 Å². The summed E-state index contributed by atoms with van der Waals surface area (Å²) in [5, 5.41) is 3.16. The third-order valence-corrected chi connectivity index (χ3v) is 6.17. The van der Waals surface area contributed by atoms with Crippen LogP contribution in [0.25, 0.3) is 0 Å². The highest BCUT2D eigenvalue weighted by Crippen LogP contribution is 2.38. The number of hydrogen-bond acceptors (Lipinski definition) is 4. The molecule has 1 aromatic rings. The maximum atomic E-state index is 12.9. The number of nitrogens with one attached hydrogen (secondary N) is 1. The van der Waals surface area contributed by atoms with Crippen LogP contribution < -0.4 is 5.32 Å². The molecule has 2 aliphatic rings. The summed E-state index contributed by atoms with van der Waals surface area (Å²) in [4.78, 5) is 0.350. The molecule has 6 heteroatoms. The van der Waals surface area contributed by atoms with Gasteiger partial charge in [-0.1, -0.05) is 6.92 Å². The highest BCUT2D eigenvalue weighted by atomic mass is 32.2. The van der Waals surface area contributed by atoms with Gasteiger partial charge in [-0.2, -0.15) is 4.31 Å². The fourth-order valence-electron chi connectivity index (χ4n) is 2.60. The summed E-state index contributed by atoms with van der Waals surface area (Å²) in [5.74, 6) is 1.76. The van der Waals surface area contributed by atoms with E-state index >= 15 is 0 Å². The molecule has 1 N–H and O–H groups in total. The molecular formula is C15H24N2O3S. The molecule has 118 valence electrons. The van der Waals surface area contributed by atoms with Gasteiger partial charge in [0.2, 0.25) is 10.0 Å². The van der Waals surface area contributed by atoms with Crippen molar-refractivity contribution < 1.29 is 12.8 Å². The van der Waals surface area contributed by atoms with Crippen LogP contribution in [0, 0.1) is 12.8 Å². The minimum Gasteiger partial charge on any atom is -0.464 e. The minimum absolute atomic E-state index is 0.210. The average Bonchev–Trinajstić information content (AvgIpc) is 3.32. The van der Waals surface area contributed by atoms with E-state index in [1.54, 1.807) is 17.3 Å². The SMILES string of the molecule is CCNCc1cc(S(=O)(=O)N(CC2CC2)C2CC2)c(C)o1. The summed E-state index contributed by atoms with van der Waals surface area (Å²) < 4.78 is 33.2. The van der Waals surface area contributed by atoms with Crippen molar-refractivity contribution in [3.05, 3.63) is 17.6 Å². The summed E-state index contributed by atoms with van der Waals surface area (Å²) in [6.45, 7) is 5.83. The summed E-state index contributed by atoms with van der Waals surface area (Å²) in [6.07, 6.45) is 4.31. The van der Waals surface area contributed by atoms with Gasteiger partial charge in [0, 0.05) is 18.7 Å². The summed E-state index contributed by atoms with van der Waals surface area (Å²) in [5.41, 5.74) is 0. The van der Waals surface area contributed by atoms with E-state index in [0.717, 1.165) is 32.2 Å². The van der Waals surface area contributed by atoms with Crippen molar-refractivity contribution in [3.63, 3.8) is 0 Å². The standard InChI is InChI=1S/C15H24N2O3S/c1-3-16-9-14-8-15(11(2)20-14)21(18,19)17(13-6-7-13)10-12-4-5-12/h8,12-13,16H,3-7,9-10H2,1-2H3. The Morgan fingerprint density at radius 1 is 1.33 bits per heavy atom. The molecule has 0 amide bonds. The first-order valence-electron chi connectivity index (χ1n) is 7.84. The molecule has 0 unspecified atom stereocenters. The molecule has 3 rings (SSSR count). The van der Waals surface area contributed by atoms with Gasteiger partial charge < -0.3 is 9.73 Å². The average molecular weight is 312 g/mol. The van der Waals surface area contributed by atoms with Crippen LogP contribution in [-0.2, 0) is 16.6 Å². The van der Waals surface area contributed by atoms with Crippen molar-refractivity contribution in [2.45, 2.75) is 57.0 Å². The largest absolute Gasteiger partial charge is 0.464 e. The predicted molar refractivity (Wildman–Crippen MR) is 80.5 cm³/mol. The zero-order chi connectivity index (χ0) is 15.0. The van der Waals surface area contributed by atoms with Crippen LogP contribution >= 0.6 is 0 Å². The van der Waals surface area contributed by atoms with Crippen molar-refractivity contribution in [2.75, 3.05) is 13.1 Å². The molecular weight excluding hydrogens is 288 g/mol. The second kappa shape index (κ2) is 5.74. The van der Waals surface area contributed by atoms with Gasteiger partial charge in [-0.05, 0) is 45.1 Å². The van der Waals surface area contributed by atoms with Gasteiger partial charge in [0.1, 0.15) is 16.4 Å². The molecule has 2 aliphatic carbocycles. The molecule has 0 atom stereocenters. The summed E-state index contributed by atoms with van der Waals surface area (Å²) >= 11 is 0. The third-order valence-electron chi connectivity index (χ3n) is 4.15. The number of hydrogen-bond donors (Lipinski definition) is 1. The second-order valence-corrected chi connectivity index (χ2v) is 8.02. The lowest BCUT2D eigenvalue weighted by molar-refractivity contribution is 0.387. The molecule has 1 aromatic heterocycles. The Labute approximate surface area is 126 Å². The van der Waals surface area contributed by atoms with Gasteiger partial charge in [0.05, 0.1) is 6.54 Å². The summed E-state index contributed by atoms with van der Waals surface area (Å²) in [7, 11) is -3.42. The molecule has 5 nitrogen and oxygen atoms in total. The van der Waals surface area contributed by atoms with E-state index in [0.29, 0.717) is 35.4 Å². The van der Waals surface area contributed by atoms with Gasteiger partial charge in [0.25, 0.3) is 0 Å². The van der Waals surface area contributed by atoms with E-state index in [1.165, 1.54) is 0 Å². The first-order chi connectivity index (χ1) is 10.0. The number of sulfonamides is 1. The molecule has 1 heterocycles. The minimum atomic E-state index is -3.42. The Balaban J connectivity index is 1.83. The monoisotopic (exact) mass is 312 g/mol. The van der Waals surface area contributed by atoms with Crippen molar-refractivity contribution >= 4 is 10.0 Å². The molecule has 0 spiro atoms. The van der Waals surface area contributed by atoms with E-state index in [-0.39, 0.29) is 6.04 Å². The zero-order valence-corrected chi connectivity index (χ0v) is 13.6. The van der Waals surface area contributed by atoms with Crippen LogP contribution in [0.4, 0.5) is 0 Å². The van der Waals surface area contributed by atoms with Crippen LogP contribution in [0.1, 0.15) is 44.1 Å². The highest BCUT2D eigenvalue weighted by molar-refractivity contribution is 7.89. The van der Waals surface area contributed by atoms with Crippen LogP contribution in [0.5, 0.6) is 0 Å². The Bertz CT molecular complexity index is 600. The van der Waals surface area contributed by atoms with E-state index < -0.39 is 10.0 Å². The van der Waals surface area contributed by atoms with Crippen molar-refractivity contribution in [1.82, 2.24) is 9.62 Å². The molecule has 0 radical (unpaired) electrons. The van der Waals surface area contributed by atoms with E-state index in [9.17, 15) is 8.42 Å². The smallest absolute Gasteiger partial charge is 0.246 e. The van der Waals surface area contributed by atoms with Crippen molar-refractivity contribution in [2.24, 2.45) is 5.92 Å². The fourth-order valence-corrected chi connectivity index (χ4v) is 4.55. The number of aryl methyl sites for hydroxylation is 1. The van der Waals surface area contributed by atoms with E-state index in [1.807, 2.05) is 6.92 Å². The molecule has 0 bridgehead atoms. The predicted octanol–water partition coefficient (Wildman–Crippen LogP) is 2.26. The molecule has 2 saturated carbocycles. The maximum Gasteiger partial charge on any atom is 0.246 e. The van der Waals surface area contributed by atoms with E-state index in [2.05, 4.69) is 5.32 Å². The van der Waals surface area contributed by atoms with Crippen LogP contribution in [-0.4, -0.2) is 31.9 Å². The fraction of sp³-hybridized carbons (Fsp3) is 0.733. The van der Waals surface area contributed by atoms with Gasteiger partial charge >= 0.3 is 0 Å². The lowest BCUT2D eigenvalue weighted by atomic mass is 10.4.